The number of Topliss-reactive ketones (excluding diaryl/α,β-unsaturated/α-hetero) is 1. The summed E-state index contributed by atoms with van der Waals surface area (Å²) in [4.78, 5) is 29.7. The molecule has 4 rings (SSSR count). The minimum absolute atomic E-state index is 0.0377. The van der Waals surface area contributed by atoms with Gasteiger partial charge in [0.25, 0.3) is 5.91 Å². The van der Waals surface area contributed by atoms with Gasteiger partial charge in [0.2, 0.25) is 5.78 Å². The summed E-state index contributed by atoms with van der Waals surface area (Å²) in [5, 5.41) is 15.6. The van der Waals surface area contributed by atoms with Crippen LogP contribution in [-0.4, -0.2) is 43.8 Å². The molecular weight excluding hydrogens is 460 g/mol. The van der Waals surface area contributed by atoms with Crippen LogP contribution in [0.1, 0.15) is 34.0 Å². The molecule has 0 bridgehead atoms. The minimum Gasteiger partial charge on any atom is -0.872 e. The number of nitrogens with zero attached hydrogens (tertiary/aromatic N) is 1. The van der Waals surface area contributed by atoms with Gasteiger partial charge >= 0.3 is 0 Å². The van der Waals surface area contributed by atoms with E-state index in [9.17, 15) is 14.7 Å². The summed E-state index contributed by atoms with van der Waals surface area (Å²) in [5.41, 5.74) is 2.20. The second kappa shape index (κ2) is 10.9. The fourth-order valence-electron chi connectivity index (χ4n) is 4.31. The summed E-state index contributed by atoms with van der Waals surface area (Å²) in [6, 6.07) is 18.2. The zero-order chi connectivity index (χ0) is 24.9. The number of carbonyl (C=O) groups is 2. The average Bonchev–Trinajstić information content (AvgIpc) is 3.45. The van der Waals surface area contributed by atoms with Crippen molar-refractivity contribution < 1.29 is 24.3 Å². The first-order valence-electron chi connectivity index (χ1n) is 11.7. The van der Waals surface area contributed by atoms with Crippen LogP contribution in [0.25, 0.3) is 5.76 Å². The van der Waals surface area contributed by atoms with E-state index < -0.39 is 23.5 Å². The molecule has 182 valence electrons. The number of hydrogen-bond acceptors (Lipinski definition) is 5. The molecule has 0 saturated carbocycles. The lowest BCUT2D eigenvalue weighted by atomic mass is 9.97. The van der Waals surface area contributed by atoms with Crippen LogP contribution >= 0.6 is 11.3 Å². The SMILES string of the molecule is Cc1cc(OCc2ccccc2)ccc1/C([O-])=C1\C(=O)C(=O)N(CCC[NH+](C)C)C1c1cccs1. The molecule has 1 aromatic heterocycles. The van der Waals surface area contributed by atoms with Gasteiger partial charge < -0.3 is 19.6 Å². The van der Waals surface area contributed by atoms with Crippen molar-refractivity contribution in [1.29, 1.82) is 0 Å². The summed E-state index contributed by atoms with van der Waals surface area (Å²) in [7, 11) is 4.09. The van der Waals surface area contributed by atoms with Crippen LogP contribution in [-0.2, 0) is 16.2 Å². The normalized spacial score (nSPS) is 17.4. The number of benzene rings is 2. The number of hydrogen-bond donors (Lipinski definition) is 1. The van der Waals surface area contributed by atoms with Gasteiger partial charge in [0.05, 0.1) is 26.7 Å². The number of ketones is 1. The maximum atomic E-state index is 13.7. The van der Waals surface area contributed by atoms with Crippen LogP contribution in [0.4, 0.5) is 0 Å². The Morgan fingerprint density at radius 2 is 1.86 bits per heavy atom. The van der Waals surface area contributed by atoms with Crippen molar-refractivity contribution in [2.24, 2.45) is 0 Å². The van der Waals surface area contributed by atoms with Crippen LogP contribution < -0.4 is 14.7 Å². The highest BCUT2D eigenvalue weighted by atomic mass is 32.1. The summed E-state index contributed by atoms with van der Waals surface area (Å²) in [6.07, 6.45) is 0.747. The van der Waals surface area contributed by atoms with E-state index >= 15 is 0 Å². The van der Waals surface area contributed by atoms with Crippen molar-refractivity contribution >= 4 is 28.8 Å². The highest BCUT2D eigenvalue weighted by molar-refractivity contribution is 7.10. The fraction of sp³-hybridized carbons (Fsp3) is 0.286. The zero-order valence-corrected chi connectivity index (χ0v) is 21.1. The van der Waals surface area contributed by atoms with E-state index in [0.717, 1.165) is 23.4 Å². The van der Waals surface area contributed by atoms with E-state index in [-0.39, 0.29) is 5.57 Å². The van der Waals surface area contributed by atoms with Crippen LogP contribution in [0, 0.1) is 6.92 Å². The lowest BCUT2D eigenvalue weighted by Gasteiger charge is -2.27. The highest BCUT2D eigenvalue weighted by Crippen LogP contribution is 2.41. The number of quaternary nitrogens is 1. The molecule has 0 aliphatic carbocycles. The number of thiophene rings is 1. The quantitative estimate of drug-likeness (QED) is 0.284. The predicted molar refractivity (Wildman–Crippen MR) is 135 cm³/mol. The monoisotopic (exact) mass is 490 g/mol. The number of carbonyl (C=O) groups excluding carboxylic acids is 2. The predicted octanol–water partition coefficient (Wildman–Crippen LogP) is 2.39. The lowest BCUT2D eigenvalue weighted by molar-refractivity contribution is -0.858. The lowest BCUT2D eigenvalue weighted by Crippen LogP contribution is -3.05. The first kappa shape index (κ1) is 24.7. The number of nitrogens with one attached hydrogen (secondary N) is 1. The van der Waals surface area contributed by atoms with E-state index in [1.54, 1.807) is 23.1 Å². The van der Waals surface area contributed by atoms with Gasteiger partial charge in [0, 0.05) is 23.4 Å². The maximum Gasteiger partial charge on any atom is 0.295 e. The Balaban J connectivity index is 1.64. The van der Waals surface area contributed by atoms with E-state index in [0.29, 0.717) is 30.0 Å². The Morgan fingerprint density at radius 3 is 2.51 bits per heavy atom. The van der Waals surface area contributed by atoms with Crippen molar-refractivity contribution in [3.05, 3.63) is 93.2 Å². The van der Waals surface area contributed by atoms with Crippen molar-refractivity contribution in [2.75, 3.05) is 27.2 Å². The van der Waals surface area contributed by atoms with Crippen LogP contribution in [0.3, 0.4) is 0 Å². The van der Waals surface area contributed by atoms with E-state index in [1.165, 1.54) is 16.2 Å². The first-order valence-corrected chi connectivity index (χ1v) is 12.6. The van der Waals surface area contributed by atoms with Crippen LogP contribution in [0.15, 0.2) is 71.6 Å². The number of likely N-dealkylation sites (tertiary alicyclic amines) is 1. The molecule has 1 fully saturated rings. The Hall–Kier alpha value is -3.42. The zero-order valence-electron chi connectivity index (χ0n) is 20.2. The number of aryl methyl sites for hydroxylation is 1. The Labute approximate surface area is 210 Å². The third kappa shape index (κ3) is 5.47. The fourth-order valence-corrected chi connectivity index (χ4v) is 5.16. The Bertz CT molecular complexity index is 1220. The topological polar surface area (TPSA) is 74.1 Å². The number of ether oxygens (including phenoxy) is 1. The molecule has 2 aromatic carbocycles. The van der Waals surface area contributed by atoms with Crippen LogP contribution in [0.2, 0.25) is 0 Å². The summed E-state index contributed by atoms with van der Waals surface area (Å²) in [6.45, 7) is 3.53. The molecule has 0 spiro atoms. The third-order valence-corrected chi connectivity index (χ3v) is 7.03. The number of rotatable bonds is 9. The smallest absolute Gasteiger partial charge is 0.295 e. The van der Waals surface area contributed by atoms with Gasteiger partial charge in [-0.3, -0.25) is 9.59 Å². The molecule has 6 nitrogen and oxygen atoms in total. The molecule has 35 heavy (non-hydrogen) atoms. The van der Waals surface area contributed by atoms with Crippen LogP contribution in [0.5, 0.6) is 5.75 Å². The summed E-state index contributed by atoms with van der Waals surface area (Å²) in [5.74, 6) is -1.05. The molecule has 1 aliphatic rings. The molecule has 1 unspecified atom stereocenters. The maximum absolute atomic E-state index is 13.7. The summed E-state index contributed by atoms with van der Waals surface area (Å²) < 4.78 is 5.88. The van der Waals surface area contributed by atoms with Gasteiger partial charge in [0.1, 0.15) is 12.4 Å². The second-order valence-corrected chi connectivity index (χ2v) is 10.0. The molecule has 1 N–H and O–H groups in total. The van der Waals surface area contributed by atoms with Crippen molar-refractivity contribution in [3.63, 3.8) is 0 Å². The molecule has 3 aromatic rings. The van der Waals surface area contributed by atoms with Gasteiger partial charge in [-0.2, -0.15) is 0 Å². The molecule has 1 amide bonds. The summed E-state index contributed by atoms with van der Waals surface area (Å²) >= 11 is 1.45. The largest absolute Gasteiger partial charge is 0.872 e. The molecule has 1 saturated heterocycles. The van der Waals surface area contributed by atoms with E-state index in [1.807, 2.05) is 68.9 Å². The molecule has 7 heteroatoms. The van der Waals surface area contributed by atoms with Crippen molar-refractivity contribution in [1.82, 2.24) is 4.90 Å². The first-order chi connectivity index (χ1) is 16.9. The molecule has 0 radical (unpaired) electrons. The Morgan fingerprint density at radius 1 is 1.09 bits per heavy atom. The van der Waals surface area contributed by atoms with E-state index in [2.05, 4.69) is 0 Å². The van der Waals surface area contributed by atoms with Crippen molar-refractivity contribution in [3.8, 4) is 5.75 Å². The molecule has 2 heterocycles. The molecular formula is C28H30N2O4S. The van der Waals surface area contributed by atoms with Gasteiger partial charge in [0.15, 0.2) is 0 Å². The van der Waals surface area contributed by atoms with Gasteiger partial charge in [-0.1, -0.05) is 48.2 Å². The average molecular weight is 491 g/mol. The van der Waals surface area contributed by atoms with Crippen molar-refractivity contribution in [2.45, 2.75) is 26.0 Å². The molecule has 1 aliphatic heterocycles. The standard InChI is InChI=1S/C28H30N2O4S/c1-19-17-21(34-18-20-9-5-4-6-10-20)12-13-22(19)26(31)24-25(23-11-7-16-35-23)30(28(33)27(24)32)15-8-14-29(2)3/h4-7,9-13,16-17,25,31H,8,14-15,18H2,1-3H3/b26-24+. The van der Waals surface area contributed by atoms with Gasteiger partial charge in [-0.15, -0.1) is 11.3 Å². The van der Waals surface area contributed by atoms with Gasteiger partial charge in [-0.05, 0) is 47.2 Å². The molecule has 1 atom stereocenters. The number of amides is 1. The van der Waals surface area contributed by atoms with Gasteiger partial charge in [-0.25, -0.2) is 0 Å². The van der Waals surface area contributed by atoms with E-state index in [4.69, 9.17) is 4.74 Å². The second-order valence-electron chi connectivity index (χ2n) is 9.05. The Kier molecular flexibility index (Phi) is 7.68. The highest BCUT2D eigenvalue weighted by Gasteiger charge is 2.44. The third-order valence-electron chi connectivity index (χ3n) is 6.11. The minimum atomic E-state index is -0.700.